The van der Waals surface area contributed by atoms with Gasteiger partial charge in [0.25, 0.3) is 0 Å². The predicted molar refractivity (Wildman–Crippen MR) is 76.1 cm³/mol. The van der Waals surface area contributed by atoms with E-state index in [1.807, 2.05) is 13.0 Å². The van der Waals surface area contributed by atoms with Crippen LogP contribution in [0, 0.1) is 0 Å². The summed E-state index contributed by atoms with van der Waals surface area (Å²) in [6.07, 6.45) is 0. The summed E-state index contributed by atoms with van der Waals surface area (Å²) in [6, 6.07) is 6.13. The van der Waals surface area contributed by atoms with Gasteiger partial charge in [0, 0.05) is 20.2 Å². The Kier molecular flexibility index (Phi) is 9.55. The zero-order chi connectivity index (χ0) is 11.8. The second-order valence-corrected chi connectivity index (χ2v) is 4.22. The normalized spacial score (nSPS) is 9.82. The Hall–Kier alpha value is -0.290. The Labute approximate surface area is 117 Å². The fraction of sp³-hybridized carbons (Fsp3) is 0.500. The van der Waals surface area contributed by atoms with Crippen LogP contribution in [0.3, 0.4) is 0 Å². The van der Waals surface area contributed by atoms with Gasteiger partial charge in [-0.05, 0) is 40.5 Å². The van der Waals surface area contributed by atoms with Crippen LogP contribution in [0.1, 0.15) is 12.5 Å². The van der Waals surface area contributed by atoms with Crippen LogP contribution in [-0.2, 0) is 11.3 Å². The van der Waals surface area contributed by atoms with Gasteiger partial charge in [-0.3, -0.25) is 0 Å². The minimum Gasteiger partial charge on any atom is -0.493 e. The topological polar surface area (TPSA) is 30.5 Å². The van der Waals surface area contributed by atoms with Crippen LogP contribution >= 0.6 is 28.3 Å². The molecule has 0 unspecified atom stereocenters. The molecule has 1 aromatic rings. The van der Waals surface area contributed by atoms with Crippen molar-refractivity contribution >= 4 is 28.3 Å². The zero-order valence-corrected chi connectivity index (χ0v) is 12.6. The van der Waals surface area contributed by atoms with E-state index < -0.39 is 0 Å². The molecule has 98 valence electrons. The lowest BCUT2D eigenvalue weighted by atomic mass is 10.2. The van der Waals surface area contributed by atoms with E-state index in [1.165, 1.54) is 5.56 Å². The van der Waals surface area contributed by atoms with Crippen molar-refractivity contribution in [2.45, 2.75) is 13.5 Å². The third kappa shape index (κ3) is 6.27. The largest absolute Gasteiger partial charge is 0.493 e. The molecule has 0 fully saturated rings. The van der Waals surface area contributed by atoms with Gasteiger partial charge >= 0.3 is 0 Å². The molecule has 0 aliphatic rings. The van der Waals surface area contributed by atoms with Crippen LogP contribution in [-0.4, -0.2) is 26.9 Å². The number of nitrogens with one attached hydrogen (secondary N) is 1. The Bertz CT molecular complexity index is 323. The summed E-state index contributed by atoms with van der Waals surface area (Å²) in [7, 11) is 1.70. The van der Waals surface area contributed by atoms with Gasteiger partial charge in [0.2, 0.25) is 0 Å². The molecule has 0 amide bonds. The van der Waals surface area contributed by atoms with Crippen LogP contribution in [0.5, 0.6) is 5.75 Å². The van der Waals surface area contributed by atoms with Crippen molar-refractivity contribution in [1.82, 2.24) is 5.32 Å². The van der Waals surface area contributed by atoms with Crippen LogP contribution < -0.4 is 10.1 Å². The van der Waals surface area contributed by atoms with Gasteiger partial charge in [-0.2, -0.15) is 0 Å². The van der Waals surface area contributed by atoms with E-state index in [9.17, 15) is 0 Å². The SMILES string of the molecule is CCOc1ccc(CNCCOC)cc1Br.Cl. The van der Waals surface area contributed by atoms with E-state index in [1.54, 1.807) is 7.11 Å². The molecule has 17 heavy (non-hydrogen) atoms. The average molecular weight is 325 g/mol. The first-order chi connectivity index (χ1) is 7.77. The summed E-state index contributed by atoms with van der Waals surface area (Å²) in [6.45, 7) is 5.10. The molecule has 3 nitrogen and oxygen atoms in total. The standard InChI is InChI=1S/C12H18BrNO2.ClH/c1-3-16-12-5-4-10(8-11(12)13)9-14-6-7-15-2;/h4-5,8,14H,3,6-7,9H2,1-2H3;1H. The molecular formula is C12H19BrClNO2. The van der Waals surface area contributed by atoms with E-state index in [0.717, 1.165) is 29.9 Å². The molecule has 0 heterocycles. The van der Waals surface area contributed by atoms with Crippen LogP contribution in [0.25, 0.3) is 0 Å². The first kappa shape index (κ1) is 16.7. The van der Waals surface area contributed by atoms with Crippen molar-refractivity contribution in [3.8, 4) is 5.75 Å². The van der Waals surface area contributed by atoms with Gasteiger partial charge in [0.05, 0.1) is 17.7 Å². The number of ether oxygens (including phenoxy) is 2. The highest BCUT2D eigenvalue weighted by Crippen LogP contribution is 2.25. The van der Waals surface area contributed by atoms with Crippen LogP contribution in [0.15, 0.2) is 22.7 Å². The maximum Gasteiger partial charge on any atom is 0.133 e. The molecule has 1 rings (SSSR count). The lowest BCUT2D eigenvalue weighted by Gasteiger charge is -2.08. The number of hydrogen-bond acceptors (Lipinski definition) is 3. The van der Waals surface area contributed by atoms with Crippen LogP contribution in [0.4, 0.5) is 0 Å². The molecule has 0 atom stereocenters. The average Bonchev–Trinajstić information content (AvgIpc) is 2.28. The monoisotopic (exact) mass is 323 g/mol. The predicted octanol–water partition coefficient (Wildman–Crippen LogP) is 3.01. The summed E-state index contributed by atoms with van der Waals surface area (Å²) in [4.78, 5) is 0. The number of benzene rings is 1. The van der Waals surface area contributed by atoms with Gasteiger partial charge in [-0.15, -0.1) is 12.4 Å². The molecule has 5 heteroatoms. The summed E-state index contributed by atoms with van der Waals surface area (Å²) in [5.41, 5.74) is 1.23. The Balaban J connectivity index is 0.00000256. The molecular weight excluding hydrogens is 305 g/mol. The number of methoxy groups -OCH3 is 1. The minimum atomic E-state index is 0. The van der Waals surface area contributed by atoms with Crippen molar-refractivity contribution in [2.24, 2.45) is 0 Å². The number of halogens is 2. The first-order valence-corrected chi connectivity index (χ1v) is 6.18. The maximum atomic E-state index is 5.45. The van der Waals surface area contributed by atoms with Crippen molar-refractivity contribution in [3.05, 3.63) is 28.2 Å². The third-order valence-electron chi connectivity index (χ3n) is 2.11. The molecule has 1 N–H and O–H groups in total. The Morgan fingerprint density at radius 1 is 1.35 bits per heavy atom. The molecule has 0 spiro atoms. The van der Waals surface area contributed by atoms with E-state index >= 15 is 0 Å². The minimum absolute atomic E-state index is 0. The van der Waals surface area contributed by atoms with E-state index in [-0.39, 0.29) is 12.4 Å². The number of rotatable bonds is 7. The molecule has 0 bridgehead atoms. The van der Waals surface area contributed by atoms with Gasteiger partial charge in [-0.1, -0.05) is 6.07 Å². The Morgan fingerprint density at radius 3 is 2.71 bits per heavy atom. The highest BCUT2D eigenvalue weighted by Gasteiger charge is 2.01. The van der Waals surface area contributed by atoms with Crippen LogP contribution in [0.2, 0.25) is 0 Å². The molecule has 0 radical (unpaired) electrons. The fourth-order valence-electron chi connectivity index (χ4n) is 1.33. The van der Waals surface area contributed by atoms with Crippen molar-refractivity contribution in [2.75, 3.05) is 26.9 Å². The highest BCUT2D eigenvalue weighted by atomic mass is 79.9. The highest BCUT2D eigenvalue weighted by molar-refractivity contribution is 9.10. The summed E-state index contributed by atoms with van der Waals surface area (Å²) in [5, 5.41) is 3.29. The molecule has 1 aromatic carbocycles. The quantitative estimate of drug-likeness (QED) is 0.782. The molecule has 0 aliphatic carbocycles. The van der Waals surface area contributed by atoms with Gasteiger partial charge < -0.3 is 14.8 Å². The lowest BCUT2D eigenvalue weighted by molar-refractivity contribution is 0.199. The summed E-state index contributed by atoms with van der Waals surface area (Å²) in [5.74, 6) is 0.892. The van der Waals surface area contributed by atoms with E-state index in [0.29, 0.717) is 6.61 Å². The lowest BCUT2D eigenvalue weighted by Crippen LogP contribution is -2.18. The van der Waals surface area contributed by atoms with E-state index in [4.69, 9.17) is 9.47 Å². The Morgan fingerprint density at radius 2 is 2.12 bits per heavy atom. The summed E-state index contributed by atoms with van der Waals surface area (Å²) < 4.78 is 11.4. The maximum absolute atomic E-state index is 5.45. The van der Waals surface area contributed by atoms with Gasteiger partial charge in [-0.25, -0.2) is 0 Å². The molecule has 0 aliphatic heterocycles. The van der Waals surface area contributed by atoms with Gasteiger partial charge in [0.1, 0.15) is 5.75 Å². The first-order valence-electron chi connectivity index (χ1n) is 5.38. The molecule has 0 saturated heterocycles. The zero-order valence-electron chi connectivity index (χ0n) is 10.2. The van der Waals surface area contributed by atoms with Crippen molar-refractivity contribution in [3.63, 3.8) is 0 Å². The smallest absolute Gasteiger partial charge is 0.133 e. The van der Waals surface area contributed by atoms with E-state index in [2.05, 4.69) is 33.4 Å². The second kappa shape index (κ2) is 9.71. The summed E-state index contributed by atoms with van der Waals surface area (Å²) >= 11 is 3.49. The van der Waals surface area contributed by atoms with Crippen molar-refractivity contribution < 1.29 is 9.47 Å². The molecule has 0 saturated carbocycles. The molecule has 0 aromatic heterocycles. The van der Waals surface area contributed by atoms with Gasteiger partial charge in [0.15, 0.2) is 0 Å². The fourth-order valence-corrected chi connectivity index (χ4v) is 1.87. The number of hydrogen-bond donors (Lipinski definition) is 1. The van der Waals surface area contributed by atoms with Crippen molar-refractivity contribution in [1.29, 1.82) is 0 Å². The third-order valence-corrected chi connectivity index (χ3v) is 2.73. The second-order valence-electron chi connectivity index (χ2n) is 3.37.